The second-order valence-electron chi connectivity index (χ2n) is 5.04. The standard InChI is InChI=1S/C17H17Cl2IO/c1-2-5-12(11-8-9-14(18)15(19)10-11)17(21)13-6-3-4-7-16(13)20/h3-4,6-10,12,17,21H,2,5H2,1H3/t12-,17+/m1/s1. The topological polar surface area (TPSA) is 20.2 Å². The smallest absolute Gasteiger partial charge is 0.0868 e. The van der Waals surface area contributed by atoms with E-state index in [-0.39, 0.29) is 5.92 Å². The highest BCUT2D eigenvalue weighted by Crippen LogP contribution is 2.38. The van der Waals surface area contributed by atoms with Gasteiger partial charge in [-0.1, -0.05) is 60.8 Å². The molecule has 0 heterocycles. The minimum absolute atomic E-state index is 0.0145. The van der Waals surface area contributed by atoms with Crippen LogP contribution in [0.2, 0.25) is 10.0 Å². The predicted octanol–water partition coefficient (Wildman–Crippen LogP) is 6.22. The Morgan fingerprint density at radius 2 is 1.81 bits per heavy atom. The summed E-state index contributed by atoms with van der Waals surface area (Å²) in [5.41, 5.74) is 1.99. The van der Waals surface area contributed by atoms with Crippen LogP contribution >= 0.6 is 45.8 Å². The van der Waals surface area contributed by atoms with Gasteiger partial charge < -0.3 is 5.11 Å². The Morgan fingerprint density at radius 3 is 2.43 bits per heavy atom. The summed E-state index contributed by atoms with van der Waals surface area (Å²) in [6, 6.07) is 13.5. The number of aliphatic hydroxyl groups excluding tert-OH is 1. The molecule has 112 valence electrons. The summed E-state index contributed by atoms with van der Waals surface area (Å²) in [7, 11) is 0. The van der Waals surface area contributed by atoms with Gasteiger partial charge in [-0.2, -0.15) is 0 Å². The molecule has 0 aliphatic carbocycles. The van der Waals surface area contributed by atoms with Gasteiger partial charge >= 0.3 is 0 Å². The third kappa shape index (κ3) is 4.13. The molecule has 2 aromatic rings. The van der Waals surface area contributed by atoms with Crippen LogP contribution in [0, 0.1) is 3.57 Å². The average Bonchev–Trinajstić information content (AvgIpc) is 2.48. The van der Waals surface area contributed by atoms with Crippen molar-refractivity contribution in [3.05, 3.63) is 67.2 Å². The summed E-state index contributed by atoms with van der Waals surface area (Å²) in [6.07, 6.45) is 1.34. The van der Waals surface area contributed by atoms with Crippen LogP contribution in [0.25, 0.3) is 0 Å². The van der Waals surface area contributed by atoms with Crippen molar-refractivity contribution in [3.8, 4) is 0 Å². The van der Waals surface area contributed by atoms with E-state index in [1.54, 1.807) is 6.07 Å². The van der Waals surface area contributed by atoms with Crippen LogP contribution in [0.4, 0.5) is 0 Å². The molecule has 4 heteroatoms. The van der Waals surface area contributed by atoms with E-state index in [2.05, 4.69) is 29.5 Å². The SMILES string of the molecule is CCC[C@H](c1ccc(Cl)c(Cl)c1)[C@H](O)c1ccccc1I. The van der Waals surface area contributed by atoms with Gasteiger partial charge in [-0.25, -0.2) is 0 Å². The number of hydrogen-bond donors (Lipinski definition) is 1. The van der Waals surface area contributed by atoms with Crippen LogP contribution in [-0.2, 0) is 0 Å². The Morgan fingerprint density at radius 1 is 1.10 bits per heavy atom. The fourth-order valence-electron chi connectivity index (χ4n) is 2.49. The highest BCUT2D eigenvalue weighted by Gasteiger charge is 2.24. The maximum Gasteiger partial charge on any atom is 0.0868 e. The zero-order valence-corrected chi connectivity index (χ0v) is 15.4. The Labute approximate surface area is 149 Å². The van der Waals surface area contributed by atoms with Crippen molar-refractivity contribution in [2.75, 3.05) is 0 Å². The maximum absolute atomic E-state index is 10.8. The number of rotatable bonds is 5. The maximum atomic E-state index is 10.8. The molecular weight excluding hydrogens is 418 g/mol. The summed E-state index contributed by atoms with van der Waals surface area (Å²) >= 11 is 14.4. The number of halogens is 3. The molecule has 2 aromatic carbocycles. The van der Waals surface area contributed by atoms with Gasteiger partial charge in [0.25, 0.3) is 0 Å². The van der Waals surface area contributed by atoms with Crippen LogP contribution in [0.5, 0.6) is 0 Å². The summed E-state index contributed by atoms with van der Waals surface area (Å²) in [6.45, 7) is 2.12. The first-order chi connectivity index (χ1) is 10.0. The lowest BCUT2D eigenvalue weighted by Crippen LogP contribution is -2.12. The van der Waals surface area contributed by atoms with Crippen molar-refractivity contribution in [1.82, 2.24) is 0 Å². The van der Waals surface area contributed by atoms with Gasteiger partial charge in [0.05, 0.1) is 16.1 Å². The molecule has 2 rings (SSSR count). The summed E-state index contributed by atoms with van der Waals surface area (Å²) in [4.78, 5) is 0. The van der Waals surface area contributed by atoms with Gasteiger partial charge in [-0.3, -0.25) is 0 Å². The minimum atomic E-state index is -0.546. The Bertz CT molecular complexity index is 615. The van der Waals surface area contributed by atoms with Crippen molar-refractivity contribution in [1.29, 1.82) is 0 Å². The number of aliphatic hydroxyl groups is 1. The van der Waals surface area contributed by atoms with E-state index in [9.17, 15) is 5.11 Å². The number of hydrogen-bond acceptors (Lipinski definition) is 1. The van der Waals surface area contributed by atoms with E-state index in [4.69, 9.17) is 23.2 Å². The molecule has 0 aromatic heterocycles. The number of benzene rings is 2. The zero-order valence-electron chi connectivity index (χ0n) is 11.7. The molecule has 0 amide bonds. The molecule has 0 unspecified atom stereocenters. The average molecular weight is 435 g/mol. The van der Waals surface area contributed by atoms with E-state index < -0.39 is 6.10 Å². The molecular formula is C17H17Cl2IO. The molecule has 0 aliphatic rings. The van der Waals surface area contributed by atoms with Gasteiger partial charge in [0.2, 0.25) is 0 Å². The van der Waals surface area contributed by atoms with Gasteiger partial charge in [0.15, 0.2) is 0 Å². The van der Waals surface area contributed by atoms with Crippen molar-refractivity contribution >= 4 is 45.8 Å². The van der Waals surface area contributed by atoms with Gasteiger partial charge in [0, 0.05) is 9.49 Å². The Balaban J connectivity index is 2.38. The molecule has 1 N–H and O–H groups in total. The van der Waals surface area contributed by atoms with Crippen molar-refractivity contribution in [2.45, 2.75) is 31.8 Å². The fourth-order valence-corrected chi connectivity index (χ4v) is 3.51. The highest BCUT2D eigenvalue weighted by atomic mass is 127. The predicted molar refractivity (Wildman–Crippen MR) is 98.2 cm³/mol. The quantitative estimate of drug-likeness (QED) is 0.554. The molecule has 0 spiro atoms. The molecule has 1 nitrogen and oxygen atoms in total. The third-order valence-corrected chi connectivity index (χ3v) is 5.30. The van der Waals surface area contributed by atoms with E-state index >= 15 is 0 Å². The highest BCUT2D eigenvalue weighted by molar-refractivity contribution is 14.1. The normalized spacial score (nSPS) is 14.0. The molecule has 0 saturated heterocycles. The fraction of sp³-hybridized carbons (Fsp3) is 0.294. The first kappa shape index (κ1) is 17.1. The molecule has 2 atom stereocenters. The van der Waals surface area contributed by atoms with Crippen LogP contribution < -0.4 is 0 Å². The van der Waals surface area contributed by atoms with Gasteiger partial charge in [-0.05, 0) is 58.3 Å². The Kier molecular flexibility index (Phi) is 6.35. The van der Waals surface area contributed by atoms with Gasteiger partial charge in [-0.15, -0.1) is 0 Å². The Hall–Kier alpha value is -0.290. The first-order valence-corrected chi connectivity index (χ1v) is 8.75. The van der Waals surface area contributed by atoms with Crippen LogP contribution in [0.1, 0.15) is 42.9 Å². The molecule has 0 bridgehead atoms. The monoisotopic (exact) mass is 434 g/mol. The summed E-state index contributed by atoms with van der Waals surface area (Å²) in [5, 5.41) is 11.9. The van der Waals surface area contributed by atoms with Gasteiger partial charge in [0.1, 0.15) is 0 Å². The second-order valence-corrected chi connectivity index (χ2v) is 7.01. The summed E-state index contributed by atoms with van der Waals surface area (Å²) < 4.78 is 1.07. The van der Waals surface area contributed by atoms with Crippen molar-refractivity contribution < 1.29 is 5.11 Å². The van der Waals surface area contributed by atoms with Crippen molar-refractivity contribution in [2.24, 2.45) is 0 Å². The molecule has 0 aliphatic heterocycles. The first-order valence-electron chi connectivity index (χ1n) is 6.92. The van der Waals surface area contributed by atoms with E-state index in [0.717, 1.165) is 27.5 Å². The lowest BCUT2D eigenvalue weighted by atomic mass is 9.86. The second kappa shape index (κ2) is 7.82. The summed E-state index contributed by atoms with van der Waals surface area (Å²) in [5.74, 6) is 0.0145. The van der Waals surface area contributed by atoms with Crippen LogP contribution in [-0.4, -0.2) is 5.11 Å². The minimum Gasteiger partial charge on any atom is -0.388 e. The largest absolute Gasteiger partial charge is 0.388 e. The molecule has 21 heavy (non-hydrogen) atoms. The van der Waals surface area contributed by atoms with E-state index in [0.29, 0.717) is 10.0 Å². The van der Waals surface area contributed by atoms with E-state index in [1.807, 2.05) is 36.4 Å². The lowest BCUT2D eigenvalue weighted by Gasteiger charge is -2.24. The third-order valence-electron chi connectivity index (χ3n) is 3.58. The van der Waals surface area contributed by atoms with E-state index in [1.165, 1.54) is 0 Å². The molecule has 0 fully saturated rings. The van der Waals surface area contributed by atoms with Crippen LogP contribution in [0.15, 0.2) is 42.5 Å². The molecule has 0 radical (unpaired) electrons. The zero-order chi connectivity index (χ0) is 15.4. The lowest BCUT2D eigenvalue weighted by molar-refractivity contribution is 0.139. The molecule has 0 saturated carbocycles. The van der Waals surface area contributed by atoms with Crippen LogP contribution in [0.3, 0.4) is 0 Å². The van der Waals surface area contributed by atoms with Crippen molar-refractivity contribution in [3.63, 3.8) is 0 Å².